The lowest BCUT2D eigenvalue weighted by Gasteiger charge is -2.19. The highest BCUT2D eigenvalue weighted by atomic mass is 15.4. The molecule has 3 heterocycles. The summed E-state index contributed by atoms with van der Waals surface area (Å²) in [5.74, 6) is 2.29. The predicted octanol–water partition coefficient (Wildman–Crippen LogP) is 1.77. The van der Waals surface area contributed by atoms with Gasteiger partial charge in [0.25, 0.3) is 0 Å². The Labute approximate surface area is 96.7 Å². The highest BCUT2D eigenvalue weighted by Gasteiger charge is 2.29. The van der Waals surface area contributed by atoms with Gasteiger partial charge in [-0.15, -0.1) is 0 Å². The molecule has 0 radical (unpaired) electrons. The molecule has 0 saturated carbocycles. The second-order valence-electron chi connectivity index (χ2n) is 4.85. The average Bonchev–Trinajstić information content (AvgIpc) is 2.94. The van der Waals surface area contributed by atoms with Gasteiger partial charge in [0.05, 0.1) is 6.04 Å². The van der Waals surface area contributed by atoms with Crippen LogP contribution in [0.3, 0.4) is 0 Å². The first kappa shape index (κ1) is 10.3. The summed E-state index contributed by atoms with van der Waals surface area (Å²) in [6.45, 7) is 5.63. The van der Waals surface area contributed by atoms with Crippen LogP contribution in [-0.2, 0) is 13.0 Å². The topological polar surface area (TPSA) is 34.0 Å². The molecule has 1 fully saturated rings. The fraction of sp³-hybridized carbons (Fsp3) is 0.833. The monoisotopic (exact) mass is 220 g/mol. The maximum atomic E-state index is 4.74. The molecule has 1 atom stereocenters. The molecule has 2 aliphatic heterocycles. The Kier molecular flexibility index (Phi) is 2.67. The molecule has 2 aliphatic rings. The van der Waals surface area contributed by atoms with Gasteiger partial charge in [0.2, 0.25) is 0 Å². The summed E-state index contributed by atoms with van der Waals surface area (Å²) in [5.41, 5.74) is 0. The van der Waals surface area contributed by atoms with Crippen molar-refractivity contribution >= 4 is 0 Å². The predicted molar refractivity (Wildman–Crippen MR) is 62.2 cm³/mol. The van der Waals surface area contributed by atoms with Gasteiger partial charge in [0.1, 0.15) is 5.82 Å². The molecule has 0 amide bonds. The number of nitrogens with zero attached hydrogens (tertiary/aromatic N) is 4. The zero-order valence-corrected chi connectivity index (χ0v) is 10.0. The van der Waals surface area contributed by atoms with Crippen molar-refractivity contribution in [1.29, 1.82) is 0 Å². The van der Waals surface area contributed by atoms with E-state index in [4.69, 9.17) is 10.1 Å². The maximum absolute atomic E-state index is 4.74. The van der Waals surface area contributed by atoms with E-state index in [9.17, 15) is 0 Å². The third-order valence-electron chi connectivity index (χ3n) is 3.85. The van der Waals surface area contributed by atoms with Crippen molar-refractivity contribution in [3.63, 3.8) is 0 Å². The van der Waals surface area contributed by atoms with Gasteiger partial charge in [0, 0.05) is 13.0 Å². The summed E-state index contributed by atoms with van der Waals surface area (Å²) < 4.78 is 2.13. The standard InChI is InChI=1S/C12H20N4/c1-2-15-8-5-6-10(15)12-13-11-7-3-4-9-16(11)14-12/h10H,2-9H2,1H3. The Balaban J connectivity index is 1.86. The SMILES string of the molecule is CCN1CCCC1c1nc2n(n1)CCCC2. The van der Waals surface area contributed by atoms with E-state index < -0.39 is 0 Å². The number of aromatic nitrogens is 3. The molecule has 1 aromatic heterocycles. The minimum Gasteiger partial charge on any atom is -0.294 e. The van der Waals surface area contributed by atoms with Gasteiger partial charge in [-0.1, -0.05) is 6.92 Å². The Morgan fingerprint density at radius 3 is 3.00 bits per heavy atom. The van der Waals surface area contributed by atoms with Gasteiger partial charge in [-0.3, -0.25) is 4.90 Å². The quantitative estimate of drug-likeness (QED) is 0.761. The van der Waals surface area contributed by atoms with Crippen molar-refractivity contribution in [3.8, 4) is 0 Å². The molecule has 88 valence electrons. The molecule has 16 heavy (non-hydrogen) atoms. The summed E-state index contributed by atoms with van der Waals surface area (Å²) in [6.07, 6.45) is 6.18. The third kappa shape index (κ3) is 1.65. The molecule has 1 aromatic rings. The van der Waals surface area contributed by atoms with Crippen LogP contribution in [0.25, 0.3) is 0 Å². The van der Waals surface area contributed by atoms with Crippen LogP contribution in [-0.4, -0.2) is 32.8 Å². The van der Waals surface area contributed by atoms with E-state index in [0.717, 1.165) is 25.3 Å². The molecule has 0 spiro atoms. The average molecular weight is 220 g/mol. The van der Waals surface area contributed by atoms with Gasteiger partial charge in [-0.05, 0) is 38.8 Å². The summed E-state index contributed by atoms with van der Waals surface area (Å²) in [6, 6.07) is 0.489. The van der Waals surface area contributed by atoms with E-state index in [-0.39, 0.29) is 0 Å². The van der Waals surface area contributed by atoms with Crippen molar-refractivity contribution in [2.75, 3.05) is 13.1 Å². The number of rotatable bonds is 2. The smallest absolute Gasteiger partial charge is 0.168 e. The van der Waals surface area contributed by atoms with Crippen LogP contribution in [0.2, 0.25) is 0 Å². The van der Waals surface area contributed by atoms with Gasteiger partial charge < -0.3 is 0 Å². The van der Waals surface area contributed by atoms with Crippen molar-refractivity contribution in [1.82, 2.24) is 19.7 Å². The molecule has 0 N–H and O–H groups in total. The summed E-state index contributed by atoms with van der Waals surface area (Å²) in [7, 11) is 0. The first-order valence-electron chi connectivity index (χ1n) is 6.56. The molecule has 1 saturated heterocycles. The maximum Gasteiger partial charge on any atom is 0.168 e. The third-order valence-corrected chi connectivity index (χ3v) is 3.85. The highest BCUT2D eigenvalue weighted by molar-refractivity contribution is 5.02. The Morgan fingerprint density at radius 1 is 1.25 bits per heavy atom. The molecule has 4 heteroatoms. The molecule has 0 bridgehead atoms. The number of hydrogen-bond donors (Lipinski definition) is 0. The second-order valence-corrected chi connectivity index (χ2v) is 4.85. The van der Waals surface area contributed by atoms with Crippen molar-refractivity contribution in [3.05, 3.63) is 11.6 Å². The largest absolute Gasteiger partial charge is 0.294 e. The number of fused-ring (bicyclic) bond motifs is 1. The lowest BCUT2D eigenvalue weighted by molar-refractivity contribution is 0.261. The second kappa shape index (κ2) is 4.17. The lowest BCUT2D eigenvalue weighted by Crippen LogP contribution is -2.23. The van der Waals surface area contributed by atoms with Crippen LogP contribution in [0.1, 0.15) is 50.3 Å². The van der Waals surface area contributed by atoms with Crippen LogP contribution < -0.4 is 0 Å². The van der Waals surface area contributed by atoms with E-state index in [1.807, 2.05) is 0 Å². The zero-order chi connectivity index (χ0) is 11.0. The number of hydrogen-bond acceptors (Lipinski definition) is 3. The van der Waals surface area contributed by atoms with E-state index in [1.54, 1.807) is 0 Å². The van der Waals surface area contributed by atoms with Crippen molar-refractivity contribution in [2.45, 2.75) is 51.6 Å². The molecule has 3 rings (SSSR count). The molecular formula is C12H20N4. The van der Waals surface area contributed by atoms with E-state index in [0.29, 0.717) is 6.04 Å². The van der Waals surface area contributed by atoms with Gasteiger partial charge >= 0.3 is 0 Å². The van der Waals surface area contributed by atoms with Crippen LogP contribution in [0.5, 0.6) is 0 Å². The van der Waals surface area contributed by atoms with Crippen LogP contribution in [0.4, 0.5) is 0 Å². The minimum absolute atomic E-state index is 0.489. The van der Waals surface area contributed by atoms with Crippen LogP contribution >= 0.6 is 0 Å². The van der Waals surface area contributed by atoms with Gasteiger partial charge in [-0.25, -0.2) is 9.67 Å². The molecular weight excluding hydrogens is 200 g/mol. The Hall–Kier alpha value is -0.900. The van der Waals surface area contributed by atoms with Crippen molar-refractivity contribution in [2.24, 2.45) is 0 Å². The summed E-state index contributed by atoms with van der Waals surface area (Å²) in [4.78, 5) is 7.24. The zero-order valence-electron chi connectivity index (χ0n) is 10.0. The number of aryl methyl sites for hydroxylation is 2. The first-order chi connectivity index (χ1) is 7.88. The minimum atomic E-state index is 0.489. The van der Waals surface area contributed by atoms with Gasteiger partial charge in [0.15, 0.2) is 5.82 Å². The van der Waals surface area contributed by atoms with Crippen molar-refractivity contribution < 1.29 is 0 Å². The highest BCUT2D eigenvalue weighted by Crippen LogP contribution is 2.30. The normalized spacial score (nSPS) is 25.9. The van der Waals surface area contributed by atoms with E-state index >= 15 is 0 Å². The van der Waals surface area contributed by atoms with Gasteiger partial charge in [-0.2, -0.15) is 5.10 Å². The molecule has 4 nitrogen and oxygen atoms in total. The van der Waals surface area contributed by atoms with E-state index in [2.05, 4.69) is 16.5 Å². The summed E-state index contributed by atoms with van der Waals surface area (Å²) >= 11 is 0. The Bertz CT molecular complexity index is 348. The molecule has 0 aromatic carbocycles. The summed E-state index contributed by atoms with van der Waals surface area (Å²) in [5, 5.41) is 4.69. The molecule has 1 unspecified atom stereocenters. The lowest BCUT2D eigenvalue weighted by atomic mass is 10.2. The fourth-order valence-electron chi connectivity index (χ4n) is 2.94. The van der Waals surface area contributed by atoms with E-state index in [1.165, 1.54) is 38.1 Å². The van der Waals surface area contributed by atoms with Crippen LogP contribution in [0, 0.1) is 0 Å². The van der Waals surface area contributed by atoms with Crippen LogP contribution in [0.15, 0.2) is 0 Å². The Morgan fingerprint density at radius 2 is 2.19 bits per heavy atom. The fourth-order valence-corrected chi connectivity index (χ4v) is 2.94. The number of likely N-dealkylation sites (tertiary alicyclic amines) is 1. The molecule has 0 aliphatic carbocycles. The first-order valence-corrected chi connectivity index (χ1v) is 6.56.